The van der Waals surface area contributed by atoms with E-state index in [9.17, 15) is 18.4 Å². The summed E-state index contributed by atoms with van der Waals surface area (Å²) in [6.07, 6.45) is -2.22. The average molecular weight is 443 g/mol. The third kappa shape index (κ3) is 4.93. The lowest BCUT2D eigenvalue weighted by Crippen LogP contribution is -2.27. The number of nitrogens with zero attached hydrogens (tertiary/aromatic N) is 2. The van der Waals surface area contributed by atoms with Crippen molar-refractivity contribution in [2.45, 2.75) is 32.7 Å². The lowest BCUT2D eigenvalue weighted by Gasteiger charge is -2.16. The van der Waals surface area contributed by atoms with Crippen molar-refractivity contribution in [1.82, 2.24) is 15.1 Å². The van der Waals surface area contributed by atoms with Gasteiger partial charge in [-0.3, -0.25) is 4.79 Å². The van der Waals surface area contributed by atoms with Crippen molar-refractivity contribution in [2.24, 2.45) is 7.05 Å². The molecule has 168 valence electrons. The topological polar surface area (TPSA) is 93.4 Å². The molecule has 0 spiro atoms. The molecule has 1 aromatic heterocycles. The van der Waals surface area contributed by atoms with Gasteiger partial charge in [0.25, 0.3) is 12.3 Å². The molecule has 7 nitrogen and oxygen atoms in total. The van der Waals surface area contributed by atoms with E-state index in [0.29, 0.717) is 11.3 Å². The number of aromatic carboxylic acids is 1. The summed E-state index contributed by atoms with van der Waals surface area (Å²) in [6, 6.07) is 12.5. The molecular weight excluding hydrogens is 420 g/mol. The number of aromatic nitrogens is 2. The van der Waals surface area contributed by atoms with Gasteiger partial charge in [-0.25, -0.2) is 18.3 Å². The number of carbonyl (C=O) groups excluding carboxylic acids is 1. The molecule has 1 atom stereocenters. The molecule has 2 aromatic carbocycles. The van der Waals surface area contributed by atoms with Crippen molar-refractivity contribution >= 4 is 11.9 Å². The van der Waals surface area contributed by atoms with Gasteiger partial charge in [0.15, 0.2) is 0 Å². The maximum Gasteiger partial charge on any atom is 0.335 e. The van der Waals surface area contributed by atoms with Gasteiger partial charge < -0.3 is 15.2 Å². The molecule has 0 saturated heterocycles. The van der Waals surface area contributed by atoms with Crippen LogP contribution in [0.25, 0.3) is 0 Å². The third-order valence-electron chi connectivity index (χ3n) is 4.98. The molecule has 1 heterocycles. The van der Waals surface area contributed by atoms with E-state index in [1.807, 2.05) is 13.0 Å². The van der Waals surface area contributed by atoms with E-state index in [4.69, 9.17) is 9.84 Å². The lowest BCUT2D eigenvalue weighted by molar-refractivity contribution is 0.0696. The highest BCUT2D eigenvalue weighted by atomic mass is 19.3. The Labute approximate surface area is 183 Å². The number of alkyl halides is 2. The zero-order valence-electron chi connectivity index (χ0n) is 17.8. The molecule has 9 heteroatoms. The Balaban J connectivity index is 1.90. The summed E-state index contributed by atoms with van der Waals surface area (Å²) >= 11 is 0. The summed E-state index contributed by atoms with van der Waals surface area (Å²) in [5, 5.41) is 15.5. The zero-order chi connectivity index (χ0) is 23.4. The van der Waals surface area contributed by atoms with Gasteiger partial charge in [-0.05, 0) is 48.7 Å². The predicted octanol–water partition coefficient (Wildman–Crippen LogP) is 4.90. The van der Waals surface area contributed by atoms with Gasteiger partial charge in [0, 0.05) is 7.05 Å². The first-order chi connectivity index (χ1) is 15.2. The predicted molar refractivity (Wildman–Crippen MR) is 113 cm³/mol. The number of nitrogens with one attached hydrogen (secondary N) is 1. The molecule has 32 heavy (non-hydrogen) atoms. The van der Waals surface area contributed by atoms with Crippen molar-refractivity contribution in [3.05, 3.63) is 76.5 Å². The zero-order valence-corrected chi connectivity index (χ0v) is 17.8. The maximum absolute atomic E-state index is 13.7. The van der Waals surface area contributed by atoms with E-state index >= 15 is 0 Å². The van der Waals surface area contributed by atoms with Crippen LogP contribution < -0.4 is 10.1 Å². The monoisotopic (exact) mass is 443 g/mol. The van der Waals surface area contributed by atoms with Gasteiger partial charge in [-0.1, -0.05) is 31.2 Å². The highest BCUT2D eigenvalue weighted by Crippen LogP contribution is 2.33. The van der Waals surface area contributed by atoms with Gasteiger partial charge in [0.05, 0.1) is 11.6 Å². The maximum atomic E-state index is 13.7. The summed E-state index contributed by atoms with van der Waals surface area (Å²) in [5.74, 6) is -1.54. The van der Waals surface area contributed by atoms with Gasteiger partial charge in [0.2, 0.25) is 5.88 Å². The van der Waals surface area contributed by atoms with Crippen molar-refractivity contribution in [2.75, 3.05) is 0 Å². The van der Waals surface area contributed by atoms with Crippen molar-refractivity contribution in [1.29, 1.82) is 0 Å². The number of hydrogen-bond acceptors (Lipinski definition) is 4. The van der Waals surface area contributed by atoms with Crippen molar-refractivity contribution in [3.63, 3.8) is 0 Å². The number of carboxylic acid groups (broad SMARTS) is 1. The molecule has 0 fully saturated rings. The fraction of sp³-hybridized carbons (Fsp3) is 0.261. The molecule has 0 unspecified atom stereocenters. The van der Waals surface area contributed by atoms with Crippen LogP contribution in [0, 0.1) is 0 Å². The number of amides is 1. The number of carbonyl (C=O) groups is 2. The highest BCUT2D eigenvalue weighted by Gasteiger charge is 2.30. The SMILES string of the molecule is CCc1cccc(Oc2c(C(=O)N[C@@H](C)c3ccc(C(=O)O)cc3)c(C(F)F)nn2C)c1. The molecule has 2 N–H and O–H groups in total. The third-order valence-corrected chi connectivity index (χ3v) is 4.98. The minimum absolute atomic E-state index is 0.0977. The first kappa shape index (κ1) is 22.9. The van der Waals surface area contributed by atoms with Gasteiger partial charge >= 0.3 is 5.97 Å². The smallest absolute Gasteiger partial charge is 0.335 e. The summed E-state index contributed by atoms with van der Waals surface area (Å²) in [6.45, 7) is 3.64. The molecule has 0 saturated carbocycles. The number of ether oxygens (including phenoxy) is 1. The second-order valence-corrected chi connectivity index (χ2v) is 7.22. The van der Waals surface area contributed by atoms with Gasteiger partial charge in [-0.2, -0.15) is 5.10 Å². The number of benzene rings is 2. The Kier molecular flexibility index (Phi) is 6.87. The van der Waals surface area contributed by atoms with Gasteiger partial charge in [-0.15, -0.1) is 0 Å². The van der Waals surface area contributed by atoms with Crippen LogP contribution in [-0.2, 0) is 13.5 Å². The Morgan fingerprint density at radius 3 is 2.47 bits per heavy atom. The number of rotatable bonds is 8. The van der Waals surface area contributed by atoms with E-state index in [2.05, 4.69) is 10.4 Å². The van der Waals surface area contributed by atoms with E-state index in [1.165, 1.54) is 19.2 Å². The molecular formula is C23H23F2N3O4. The fourth-order valence-corrected chi connectivity index (χ4v) is 3.22. The average Bonchev–Trinajstić information content (AvgIpc) is 3.10. The number of carboxylic acids is 1. The molecule has 0 aliphatic rings. The standard InChI is InChI=1S/C23H23F2N3O4/c1-4-14-6-5-7-17(12-14)32-22-18(19(20(24)25)27-28(22)3)21(29)26-13(2)15-8-10-16(11-9-15)23(30)31/h5-13,20H,4H2,1-3H3,(H,26,29)(H,30,31)/t13-/m0/s1. The van der Waals surface area contributed by atoms with Crippen LogP contribution >= 0.6 is 0 Å². The largest absolute Gasteiger partial charge is 0.478 e. The normalized spacial score (nSPS) is 11.9. The van der Waals surface area contributed by atoms with Crippen LogP contribution in [-0.4, -0.2) is 26.8 Å². The Bertz CT molecular complexity index is 1130. The summed E-state index contributed by atoms with van der Waals surface area (Å²) < 4.78 is 34.2. The minimum atomic E-state index is -2.98. The van der Waals surface area contributed by atoms with E-state index in [0.717, 1.165) is 16.7 Å². The number of aryl methyl sites for hydroxylation is 2. The first-order valence-corrected chi connectivity index (χ1v) is 9.97. The van der Waals surface area contributed by atoms with Crippen LogP contribution in [0.2, 0.25) is 0 Å². The second kappa shape index (κ2) is 9.59. The van der Waals surface area contributed by atoms with Gasteiger partial charge in [0.1, 0.15) is 17.0 Å². The van der Waals surface area contributed by atoms with E-state index in [1.54, 1.807) is 37.3 Å². The molecule has 3 aromatic rings. The number of halogens is 2. The van der Waals surface area contributed by atoms with E-state index in [-0.39, 0.29) is 17.0 Å². The summed E-state index contributed by atoms with van der Waals surface area (Å²) in [5.41, 5.74) is 0.676. The highest BCUT2D eigenvalue weighted by molar-refractivity contribution is 5.98. The van der Waals surface area contributed by atoms with Crippen LogP contribution in [0.15, 0.2) is 48.5 Å². The van der Waals surface area contributed by atoms with E-state index < -0.39 is 30.0 Å². The summed E-state index contributed by atoms with van der Waals surface area (Å²) in [7, 11) is 1.43. The van der Waals surface area contributed by atoms with Crippen LogP contribution in [0.5, 0.6) is 11.6 Å². The number of hydrogen-bond donors (Lipinski definition) is 2. The Hall–Kier alpha value is -3.75. The lowest BCUT2D eigenvalue weighted by atomic mass is 10.1. The molecule has 3 rings (SSSR count). The molecule has 0 radical (unpaired) electrons. The molecule has 0 bridgehead atoms. The Morgan fingerprint density at radius 2 is 1.88 bits per heavy atom. The van der Waals surface area contributed by atoms with Crippen LogP contribution in [0.4, 0.5) is 8.78 Å². The molecule has 0 aliphatic carbocycles. The molecule has 1 amide bonds. The first-order valence-electron chi connectivity index (χ1n) is 9.97. The quantitative estimate of drug-likeness (QED) is 0.516. The summed E-state index contributed by atoms with van der Waals surface area (Å²) in [4.78, 5) is 24.0. The molecule has 0 aliphatic heterocycles. The fourth-order valence-electron chi connectivity index (χ4n) is 3.22. The van der Waals surface area contributed by atoms with Crippen LogP contribution in [0.3, 0.4) is 0 Å². The second-order valence-electron chi connectivity index (χ2n) is 7.22. The van der Waals surface area contributed by atoms with Crippen molar-refractivity contribution in [3.8, 4) is 11.6 Å². The van der Waals surface area contributed by atoms with Crippen molar-refractivity contribution < 1.29 is 28.2 Å². The Morgan fingerprint density at radius 1 is 1.19 bits per heavy atom. The minimum Gasteiger partial charge on any atom is -0.478 e. The van der Waals surface area contributed by atoms with Crippen LogP contribution in [0.1, 0.15) is 63.9 Å².